The summed E-state index contributed by atoms with van der Waals surface area (Å²) in [6.07, 6.45) is 7.34. The number of ether oxygens (including phenoxy) is 1. The molecular formula is C25H39N3O5S. The van der Waals surface area contributed by atoms with Gasteiger partial charge in [0, 0.05) is 35.8 Å². The Labute approximate surface area is 205 Å². The number of aromatic nitrogens is 1. The molecule has 2 saturated carbocycles. The molecule has 0 saturated heterocycles. The van der Waals surface area contributed by atoms with Crippen LogP contribution in [0.4, 0.5) is 5.13 Å². The van der Waals surface area contributed by atoms with E-state index in [0.717, 1.165) is 42.7 Å². The second kappa shape index (κ2) is 10.2. The van der Waals surface area contributed by atoms with Gasteiger partial charge in [0.15, 0.2) is 5.13 Å². The van der Waals surface area contributed by atoms with Gasteiger partial charge in [0.05, 0.1) is 18.4 Å². The molecule has 1 aromatic rings. The Balaban J connectivity index is 1.65. The van der Waals surface area contributed by atoms with Crippen LogP contribution in [0.25, 0.3) is 0 Å². The fourth-order valence-corrected chi connectivity index (χ4v) is 7.79. The van der Waals surface area contributed by atoms with Crippen LogP contribution in [0.3, 0.4) is 0 Å². The van der Waals surface area contributed by atoms with Gasteiger partial charge in [0.1, 0.15) is 6.61 Å². The molecule has 0 aliphatic heterocycles. The van der Waals surface area contributed by atoms with E-state index in [1.165, 1.54) is 24.9 Å². The van der Waals surface area contributed by atoms with E-state index < -0.39 is 11.5 Å². The third kappa shape index (κ3) is 4.76. The maximum absolute atomic E-state index is 13.3. The maximum atomic E-state index is 13.3. The van der Waals surface area contributed by atoms with Crippen LogP contribution in [0.2, 0.25) is 0 Å². The molecule has 190 valence electrons. The molecule has 5 atom stereocenters. The van der Waals surface area contributed by atoms with E-state index in [1.807, 2.05) is 6.92 Å². The van der Waals surface area contributed by atoms with Crippen LogP contribution in [0.15, 0.2) is 0 Å². The van der Waals surface area contributed by atoms with Crippen molar-refractivity contribution < 1.29 is 24.5 Å². The van der Waals surface area contributed by atoms with Gasteiger partial charge in [-0.2, -0.15) is 0 Å². The van der Waals surface area contributed by atoms with Crippen molar-refractivity contribution in [3.63, 3.8) is 0 Å². The highest BCUT2D eigenvalue weighted by Crippen LogP contribution is 2.62. The van der Waals surface area contributed by atoms with E-state index in [4.69, 9.17) is 9.72 Å². The summed E-state index contributed by atoms with van der Waals surface area (Å²) < 4.78 is 4.93. The molecule has 2 amide bonds. The van der Waals surface area contributed by atoms with Crippen molar-refractivity contribution >= 4 is 28.3 Å². The number of aliphatic hydroxyl groups is 2. The highest BCUT2D eigenvalue weighted by Gasteiger charge is 2.59. The Hall–Kier alpha value is -1.55. The highest BCUT2D eigenvalue weighted by atomic mass is 32.1. The van der Waals surface area contributed by atoms with Crippen LogP contribution in [0, 0.1) is 16.7 Å². The lowest BCUT2D eigenvalue weighted by Crippen LogP contribution is -2.57. The number of fused-ring (bicyclic) bond motifs is 2. The average molecular weight is 494 g/mol. The van der Waals surface area contributed by atoms with Gasteiger partial charge in [-0.15, -0.1) is 11.3 Å². The number of aliphatic hydroxyl groups excluding tert-OH is 2. The normalized spacial score (nSPS) is 33.6. The summed E-state index contributed by atoms with van der Waals surface area (Å²) in [7, 11) is 1.47. The number of thiazole rings is 1. The number of hydrogen-bond acceptors (Lipinski definition) is 7. The minimum absolute atomic E-state index is 0.00305. The van der Waals surface area contributed by atoms with Crippen molar-refractivity contribution in [2.45, 2.75) is 89.7 Å². The summed E-state index contributed by atoms with van der Waals surface area (Å²) in [6.45, 7) is 4.00. The van der Waals surface area contributed by atoms with Crippen LogP contribution in [0.5, 0.6) is 0 Å². The first-order chi connectivity index (χ1) is 16.2. The molecule has 1 aromatic heterocycles. The molecule has 1 heterocycles. The molecule has 4 rings (SSSR count). The predicted octanol–water partition coefficient (Wildman–Crippen LogP) is 2.98. The molecule has 3 aliphatic rings. The topological polar surface area (TPSA) is 121 Å². The molecule has 0 bridgehead atoms. The second-order valence-corrected chi connectivity index (χ2v) is 12.0. The zero-order valence-electron chi connectivity index (χ0n) is 20.6. The summed E-state index contributed by atoms with van der Waals surface area (Å²) >= 11 is 1.43. The van der Waals surface area contributed by atoms with Crippen molar-refractivity contribution in [2.75, 3.05) is 25.6 Å². The standard InChI is InChI=1S/C25H39N3O5S/c1-24-10-9-19(30)25(2,14-29)18(24)12-17-22(28-23(34-17)27-21(32)13-33-3)16(24)11-20(31)26-15-7-5-4-6-8-15/h15-16,18-19,29-30H,4-14H2,1-3H3,(H,26,31)(H,27,28,32)/t16-,18+,19-,24+,25+/m1/s1. The predicted molar refractivity (Wildman–Crippen MR) is 131 cm³/mol. The largest absolute Gasteiger partial charge is 0.396 e. The number of carbonyl (C=O) groups is 2. The van der Waals surface area contributed by atoms with Gasteiger partial charge < -0.3 is 20.3 Å². The smallest absolute Gasteiger partial charge is 0.252 e. The van der Waals surface area contributed by atoms with E-state index >= 15 is 0 Å². The lowest BCUT2D eigenvalue weighted by molar-refractivity contribution is -0.144. The van der Waals surface area contributed by atoms with Crippen LogP contribution in [-0.2, 0) is 20.7 Å². The van der Waals surface area contributed by atoms with Crippen molar-refractivity contribution in [3.05, 3.63) is 10.6 Å². The minimum atomic E-state index is -0.660. The molecule has 0 spiro atoms. The molecule has 3 aliphatic carbocycles. The van der Waals surface area contributed by atoms with Crippen molar-refractivity contribution in [2.24, 2.45) is 16.7 Å². The minimum Gasteiger partial charge on any atom is -0.396 e. The fraction of sp³-hybridized carbons (Fsp3) is 0.800. The Morgan fingerprint density at radius 2 is 1.91 bits per heavy atom. The molecular weight excluding hydrogens is 454 g/mol. The van der Waals surface area contributed by atoms with Gasteiger partial charge in [0.2, 0.25) is 5.91 Å². The monoisotopic (exact) mass is 493 g/mol. The SMILES string of the molecule is COCC(=O)Nc1nc2c(s1)C[C@@H]1[C@](C)(CO)[C@H](O)CC[C@@]1(C)[C@@H]2CC(=O)NC1CCCCC1. The first-order valence-corrected chi connectivity index (χ1v) is 13.4. The van der Waals surface area contributed by atoms with Gasteiger partial charge in [-0.25, -0.2) is 4.98 Å². The van der Waals surface area contributed by atoms with E-state index in [0.29, 0.717) is 24.4 Å². The first-order valence-electron chi connectivity index (χ1n) is 12.6. The third-order valence-electron chi connectivity index (χ3n) is 8.78. The van der Waals surface area contributed by atoms with E-state index in [2.05, 4.69) is 17.6 Å². The maximum Gasteiger partial charge on any atom is 0.252 e. The van der Waals surface area contributed by atoms with Crippen LogP contribution >= 0.6 is 11.3 Å². The number of nitrogens with zero attached hydrogens (tertiary/aromatic N) is 1. The zero-order valence-corrected chi connectivity index (χ0v) is 21.4. The molecule has 34 heavy (non-hydrogen) atoms. The van der Waals surface area contributed by atoms with Crippen LogP contribution in [-0.4, -0.2) is 59.5 Å². The molecule has 2 fully saturated rings. The van der Waals surface area contributed by atoms with E-state index in [-0.39, 0.29) is 48.3 Å². The number of anilines is 1. The van der Waals surface area contributed by atoms with Crippen LogP contribution in [0.1, 0.15) is 81.7 Å². The van der Waals surface area contributed by atoms with Gasteiger partial charge in [-0.1, -0.05) is 33.1 Å². The molecule has 4 N–H and O–H groups in total. The number of nitrogens with one attached hydrogen (secondary N) is 2. The number of carbonyl (C=O) groups excluding carboxylic acids is 2. The van der Waals surface area contributed by atoms with E-state index in [9.17, 15) is 19.8 Å². The lowest BCUT2D eigenvalue weighted by Gasteiger charge is -2.58. The summed E-state index contributed by atoms with van der Waals surface area (Å²) in [4.78, 5) is 31.2. The molecule has 0 unspecified atom stereocenters. The number of amides is 2. The second-order valence-electron chi connectivity index (χ2n) is 10.9. The van der Waals surface area contributed by atoms with Crippen molar-refractivity contribution in [1.29, 1.82) is 0 Å². The molecule has 9 heteroatoms. The first kappa shape index (κ1) is 25.5. The van der Waals surface area contributed by atoms with Gasteiger partial charge in [-0.3, -0.25) is 14.9 Å². The number of rotatable bonds is 7. The molecule has 0 aromatic carbocycles. The average Bonchev–Trinajstić information content (AvgIpc) is 3.20. The number of methoxy groups -OCH3 is 1. The number of hydrogen-bond donors (Lipinski definition) is 4. The quantitative estimate of drug-likeness (QED) is 0.463. The summed E-state index contributed by atoms with van der Waals surface area (Å²) in [5, 5.41) is 27.8. The Kier molecular flexibility index (Phi) is 7.67. The van der Waals surface area contributed by atoms with Crippen LogP contribution < -0.4 is 10.6 Å². The Bertz CT molecular complexity index is 901. The van der Waals surface area contributed by atoms with Crippen molar-refractivity contribution in [3.8, 4) is 0 Å². The summed E-state index contributed by atoms with van der Waals surface area (Å²) in [5.74, 6) is -0.372. The Morgan fingerprint density at radius 3 is 2.59 bits per heavy atom. The van der Waals surface area contributed by atoms with E-state index in [1.54, 1.807) is 0 Å². The summed E-state index contributed by atoms with van der Waals surface area (Å²) in [6, 6.07) is 0.239. The molecule has 8 nitrogen and oxygen atoms in total. The fourth-order valence-electron chi connectivity index (χ4n) is 6.70. The zero-order chi connectivity index (χ0) is 24.5. The van der Waals surface area contributed by atoms with Crippen molar-refractivity contribution in [1.82, 2.24) is 10.3 Å². The summed E-state index contributed by atoms with van der Waals surface area (Å²) in [5.41, 5.74) is -0.0752. The van der Waals surface area contributed by atoms with Gasteiger partial charge in [0.25, 0.3) is 5.91 Å². The third-order valence-corrected chi connectivity index (χ3v) is 9.78. The Morgan fingerprint density at radius 1 is 1.18 bits per heavy atom. The van der Waals surface area contributed by atoms with Gasteiger partial charge >= 0.3 is 0 Å². The van der Waals surface area contributed by atoms with Gasteiger partial charge in [-0.05, 0) is 43.4 Å². The lowest BCUT2D eigenvalue weighted by atomic mass is 9.47. The molecule has 0 radical (unpaired) electrons. The highest BCUT2D eigenvalue weighted by molar-refractivity contribution is 7.15.